The van der Waals surface area contributed by atoms with Crippen molar-refractivity contribution in [3.63, 3.8) is 0 Å². The predicted molar refractivity (Wildman–Crippen MR) is 70.1 cm³/mol. The maximum absolute atomic E-state index is 11.8. The molecule has 1 heterocycles. The monoisotopic (exact) mass is 282 g/mol. The molecule has 7 heteroatoms. The van der Waals surface area contributed by atoms with Gasteiger partial charge in [0.1, 0.15) is 12.1 Å². The summed E-state index contributed by atoms with van der Waals surface area (Å²) in [7, 11) is 0. The summed E-state index contributed by atoms with van der Waals surface area (Å²) in [5.74, 6) is -2.08. The molecule has 0 aliphatic heterocycles. The van der Waals surface area contributed by atoms with Crippen LogP contribution in [0, 0.1) is 0 Å². The zero-order chi connectivity index (χ0) is 15.1. The van der Waals surface area contributed by atoms with Gasteiger partial charge in [0.15, 0.2) is 5.76 Å². The molecule has 110 valence electrons. The molecule has 20 heavy (non-hydrogen) atoms. The summed E-state index contributed by atoms with van der Waals surface area (Å²) in [4.78, 5) is 34.4. The zero-order valence-corrected chi connectivity index (χ0v) is 11.4. The molecule has 0 saturated carbocycles. The molecule has 2 amide bonds. The van der Waals surface area contributed by atoms with Crippen LogP contribution in [0.15, 0.2) is 22.8 Å². The molecule has 2 atom stereocenters. The number of carboxylic acids is 1. The standard InChI is InChI=1S/C13H18N2O5/c1-3-5-9(13(18)19)15-11(16)8(2)14-12(17)10-6-4-7-20-10/h4,6-9H,3,5H2,1-2H3,(H,14,17)(H,15,16)(H,18,19)/t8?,9-/m1/s1. The molecule has 0 radical (unpaired) electrons. The number of aliphatic carboxylic acids is 1. The number of nitrogens with one attached hydrogen (secondary N) is 2. The van der Waals surface area contributed by atoms with Gasteiger partial charge in [-0.3, -0.25) is 9.59 Å². The van der Waals surface area contributed by atoms with Gasteiger partial charge in [-0.25, -0.2) is 4.79 Å². The Hall–Kier alpha value is -2.31. The summed E-state index contributed by atoms with van der Waals surface area (Å²) in [6.07, 6.45) is 2.31. The van der Waals surface area contributed by atoms with Gasteiger partial charge in [-0.1, -0.05) is 13.3 Å². The summed E-state index contributed by atoms with van der Waals surface area (Å²) in [6, 6.07) is 1.22. The molecular formula is C13H18N2O5. The number of carbonyl (C=O) groups excluding carboxylic acids is 2. The summed E-state index contributed by atoms with van der Waals surface area (Å²) in [5, 5.41) is 13.8. The van der Waals surface area contributed by atoms with Crippen molar-refractivity contribution in [3.8, 4) is 0 Å². The van der Waals surface area contributed by atoms with Gasteiger partial charge in [-0.05, 0) is 25.5 Å². The quantitative estimate of drug-likeness (QED) is 0.684. The first-order valence-electron chi connectivity index (χ1n) is 6.33. The van der Waals surface area contributed by atoms with Crippen molar-refractivity contribution in [2.24, 2.45) is 0 Å². The van der Waals surface area contributed by atoms with E-state index in [0.29, 0.717) is 12.8 Å². The van der Waals surface area contributed by atoms with E-state index in [0.717, 1.165) is 0 Å². The number of furan rings is 1. The lowest BCUT2D eigenvalue weighted by Crippen LogP contribution is -2.50. The van der Waals surface area contributed by atoms with Gasteiger partial charge in [0, 0.05) is 0 Å². The third kappa shape index (κ3) is 4.42. The maximum Gasteiger partial charge on any atom is 0.326 e. The molecule has 1 unspecified atom stereocenters. The van der Waals surface area contributed by atoms with Crippen LogP contribution in [0.1, 0.15) is 37.2 Å². The molecule has 0 fully saturated rings. The molecule has 0 aromatic carbocycles. The summed E-state index contributed by atoms with van der Waals surface area (Å²) < 4.78 is 4.90. The largest absolute Gasteiger partial charge is 0.480 e. The normalized spacial score (nSPS) is 13.3. The first-order chi connectivity index (χ1) is 9.45. The van der Waals surface area contributed by atoms with Crippen molar-refractivity contribution in [1.82, 2.24) is 10.6 Å². The van der Waals surface area contributed by atoms with Crippen LogP contribution in [0.2, 0.25) is 0 Å². The third-order valence-electron chi connectivity index (χ3n) is 2.68. The van der Waals surface area contributed by atoms with Gasteiger partial charge in [0.05, 0.1) is 6.26 Å². The highest BCUT2D eigenvalue weighted by atomic mass is 16.4. The third-order valence-corrected chi connectivity index (χ3v) is 2.68. The fraction of sp³-hybridized carbons (Fsp3) is 0.462. The molecule has 0 bridgehead atoms. The van der Waals surface area contributed by atoms with E-state index in [4.69, 9.17) is 9.52 Å². The van der Waals surface area contributed by atoms with Crippen LogP contribution < -0.4 is 10.6 Å². The molecular weight excluding hydrogens is 264 g/mol. The van der Waals surface area contributed by atoms with E-state index in [9.17, 15) is 14.4 Å². The van der Waals surface area contributed by atoms with Crippen LogP contribution in [-0.4, -0.2) is 35.0 Å². The van der Waals surface area contributed by atoms with E-state index in [1.54, 1.807) is 6.07 Å². The lowest BCUT2D eigenvalue weighted by atomic mass is 10.1. The highest BCUT2D eigenvalue weighted by Gasteiger charge is 2.23. The molecule has 0 spiro atoms. The topological polar surface area (TPSA) is 109 Å². The maximum atomic E-state index is 11.8. The van der Waals surface area contributed by atoms with E-state index in [2.05, 4.69) is 10.6 Å². The van der Waals surface area contributed by atoms with Gasteiger partial charge in [0.2, 0.25) is 5.91 Å². The van der Waals surface area contributed by atoms with E-state index in [-0.39, 0.29) is 5.76 Å². The highest BCUT2D eigenvalue weighted by Crippen LogP contribution is 2.01. The molecule has 3 N–H and O–H groups in total. The van der Waals surface area contributed by atoms with Crippen molar-refractivity contribution in [2.45, 2.75) is 38.8 Å². The van der Waals surface area contributed by atoms with Crippen LogP contribution in [-0.2, 0) is 9.59 Å². The van der Waals surface area contributed by atoms with Gasteiger partial charge in [0.25, 0.3) is 5.91 Å². The molecule has 7 nitrogen and oxygen atoms in total. The molecule has 1 rings (SSSR count). The zero-order valence-electron chi connectivity index (χ0n) is 11.4. The predicted octanol–water partition coefficient (Wildman–Crippen LogP) is 0.767. The number of carboxylic acid groups (broad SMARTS) is 1. The van der Waals surface area contributed by atoms with Crippen molar-refractivity contribution >= 4 is 17.8 Å². The van der Waals surface area contributed by atoms with E-state index in [1.807, 2.05) is 6.92 Å². The van der Waals surface area contributed by atoms with Gasteiger partial charge >= 0.3 is 5.97 Å². The minimum Gasteiger partial charge on any atom is -0.480 e. The minimum atomic E-state index is -1.09. The Morgan fingerprint density at radius 1 is 1.35 bits per heavy atom. The second kappa shape index (κ2) is 7.32. The number of hydrogen-bond acceptors (Lipinski definition) is 4. The summed E-state index contributed by atoms with van der Waals surface area (Å²) in [6.45, 7) is 3.30. The Kier molecular flexibility index (Phi) is 5.76. The lowest BCUT2D eigenvalue weighted by Gasteiger charge is -2.17. The summed E-state index contributed by atoms with van der Waals surface area (Å²) in [5.41, 5.74) is 0. The van der Waals surface area contributed by atoms with Gasteiger partial charge < -0.3 is 20.2 Å². The number of carbonyl (C=O) groups is 3. The Labute approximate surface area is 116 Å². The Morgan fingerprint density at radius 3 is 2.55 bits per heavy atom. The number of rotatable bonds is 7. The van der Waals surface area contributed by atoms with Crippen LogP contribution in [0.5, 0.6) is 0 Å². The Morgan fingerprint density at radius 2 is 2.05 bits per heavy atom. The lowest BCUT2D eigenvalue weighted by molar-refractivity contribution is -0.142. The average molecular weight is 282 g/mol. The fourth-order valence-corrected chi connectivity index (χ4v) is 1.58. The first kappa shape index (κ1) is 15.7. The Balaban J connectivity index is 2.54. The smallest absolute Gasteiger partial charge is 0.326 e. The van der Waals surface area contributed by atoms with Crippen LogP contribution in [0.25, 0.3) is 0 Å². The second-order valence-corrected chi connectivity index (χ2v) is 4.36. The number of amides is 2. The molecule has 1 aromatic heterocycles. The van der Waals surface area contributed by atoms with E-state index in [1.165, 1.54) is 19.3 Å². The molecule has 1 aromatic rings. The second-order valence-electron chi connectivity index (χ2n) is 4.36. The van der Waals surface area contributed by atoms with Crippen molar-refractivity contribution in [1.29, 1.82) is 0 Å². The van der Waals surface area contributed by atoms with Crippen molar-refractivity contribution < 1.29 is 23.9 Å². The first-order valence-corrected chi connectivity index (χ1v) is 6.33. The van der Waals surface area contributed by atoms with Crippen LogP contribution >= 0.6 is 0 Å². The fourth-order valence-electron chi connectivity index (χ4n) is 1.58. The molecule has 0 aliphatic rings. The highest BCUT2D eigenvalue weighted by molar-refractivity contribution is 5.96. The summed E-state index contributed by atoms with van der Waals surface area (Å²) >= 11 is 0. The molecule has 0 aliphatic carbocycles. The number of hydrogen-bond donors (Lipinski definition) is 3. The van der Waals surface area contributed by atoms with Crippen LogP contribution in [0.3, 0.4) is 0 Å². The van der Waals surface area contributed by atoms with Crippen molar-refractivity contribution in [2.75, 3.05) is 0 Å². The van der Waals surface area contributed by atoms with Gasteiger partial charge in [-0.2, -0.15) is 0 Å². The average Bonchev–Trinajstić information content (AvgIpc) is 2.91. The van der Waals surface area contributed by atoms with Crippen LogP contribution in [0.4, 0.5) is 0 Å². The molecule has 0 saturated heterocycles. The van der Waals surface area contributed by atoms with E-state index >= 15 is 0 Å². The SMILES string of the molecule is CCC[C@@H](NC(=O)C(C)NC(=O)c1ccco1)C(=O)O. The Bertz CT molecular complexity index is 469. The minimum absolute atomic E-state index is 0.0907. The van der Waals surface area contributed by atoms with Crippen molar-refractivity contribution in [3.05, 3.63) is 24.2 Å². The van der Waals surface area contributed by atoms with E-state index < -0.39 is 29.9 Å². The van der Waals surface area contributed by atoms with Gasteiger partial charge in [-0.15, -0.1) is 0 Å².